The number of hydrogen-bond donors (Lipinski definition) is 0. The van der Waals surface area contributed by atoms with Crippen LogP contribution in [0.4, 0.5) is 8.78 Å². The second kappa shape index (κ2) is 11.7. The molecule has 0 spiro atoms. The number of pyridine rings is 2. The summed E-state index contributed by atoms with van der Waals surface area (Å²) in [5.41, 5.74) is 0. The molecule has 18 heavy (non-hydrogen) atoms. The van der Waals surface area contributed by atoms with E-state index in [2.05, 4.69) is 22.1 Å². The Bertz CT molecular complexity index is 397. The van der Waals surface area contributed by atoms with Crippen LogP contribution < -0.4 is 0 Å². The molecule has 2 aromatic heterocycles. The Morgan fingerprint density at radius 3 is 2.11 bits per heavy atom. The Kier molecular flexibility index (Phi) is 13.9. The van der Waals surface area contributed by atoms with Gasteiger partial charge in [0.1, 0.15) is 5.95 Å². The van der Waals surface area contributed by atoms with Gasteiger partial charge in [-0.25, -0.2) is 25.9 Å². The number of halogens is 4. The third-order valence-electron chi connectivity index (χ3n) is 1.26. The molecule has 0 bridgehead atoms. The Balaban J connectivity index is 0. The summed E-state index contributed by atoms with van der Waals surface area (Å²) in [6.45, 7) is 0. The molecular weight excluding hydrogens is 435 g/mol. The van der Waals surface area contributed by atoms with E-state index in [1.54, 1.807) is 0 Å². The molecule has 0 atom stereocenters. The molecule has 0 aliphatic carbocycles. The minimum atomic E-state index is -0.575. The third-order valence-corrected chi connectivity index (χ3v) is 1.66. The number of rotatable bonds is 0. The molecule has 0 aliphatic rings. The monoisotopic (exact) mass is 438 g/mol. The van der Waals surface area contributed by atoms with E-state index in [0.29, 0.717) is 0 Å². The molecule has 2 heterocycles. The van der Waals surface area contributed by atoms with Crippen LogP contribution in [-0.2, 0) is 65.4 Å². The van der Waals surface area contributed by atoms with Crippen molar-refractivity contribution in [2.24, 2.45) is 0 Å². The minimum absolute atomic E-state index is 0. The summed E-state index contributed by atoms with van der Waals surface area (Å²) in [4.78, 5) is 6.73. The normalized spacial score (nSPS) is 8.22. The molecule has 2 rings (SSSR count). The van der Waals surface area contributed by atoms with Crippen LogP contribution in [0.5, 0.6) is 0 Å². The van der Waals surface area contributed by atoms with Crippen LogP contribution in [0.1, 0.15) is 0 Å². The summed E-state index contributed by atoms with van der Waals surface area (Å²) < 4.78 is 23.9. The van der Waals surface area contributed by atoms with E-state index in [1.165, 1.54) is 18.3 Å². The van der Waals surface area contributed by atoms with Gasteiger partial charge in [0, 0.05) is 75.7 Å². The van der Waals surface area contributed by atoms with Crippen molar-refractivity contribution in [2.45, 2.75) is 0 Å². The molecule has 90 valence electrons. The van der Waals surface area contributed by atoms with Crippen LogP contribution in [-0.4, -0.2) is 9.97 Å². The molecule has 0 unspecified atom stereocenters. The molecule has 8 heteroatoms. The standard InChI is InChI=1S/2C5H2ClFN.2Y/c6-5-3-4(7)1-2-8-5;6-4-2-1-3-5(7)8-4;;/h2-3H;1,3H;;/q2*-1;;. The van der Waals surface area contributed by atoms with Crippen molar-refractivity contribution in [3.63, 3.8) is 0 Å². The van der Waals surface area contributed by atoms with Crippen molar-refractivity contribution in [1.82, 2.24) is 9.97 Å². The van der Waals surface area contributed by atoms with E-state index >= 15 is 0 Å². The van der Waals surface area contributed by atoms with Gasteiger partial charge in [-0.15, -0.1) is 6.07 Å². The van der Waals surface area contributed by atoms with Gasteiger partial charge in [0.15, 0.2) is 0 Å². The van der Waals surface area contributed by atoms with Gasteiger partial charge >= 0.3 is 0 Å². The Labute approximate surface area is 164 Å². The topological polar surface area (TPSA) is 25.8 Å². The molecular formula is C10H4Cl2F2N2Y2-2. The number of nitrogens with zero attached hydrogens (tertiary/aromatic N) is 2. The second-order valence-electron chi connectivity index (χ2n) is 2.42. The molecule has 0 saturated carbocycles. The number of aromatic nitrogens is 2. The van der Waals surface area contributed by atoms with Gasteiger partial charge < -0.3 is 0 Å². The fourth-order valence-electron chi connectivity index (χ4n) is 0.682. The third kappa shape index (κ3) is 9.82. The molecule has 0 aliphatic heterocycles. The van der Waals surface area contributed by atoms with E-state index < -0.39 is 11.8 Å². The minimum Gasteiger partial charge on any atom is -0.284 e. The van der Waals surface area contributed by atoms with Crippen LogP contribution in [0.2, 0.25) is 10.3 Å². The van der Waals surface area contributed by atoms with Crippen molar-refractivity contribution in [2.75, 3.05) is 0 Å². The summed E-state index contributed by atoms with van der Waals surface area (Å²) >= 11 is 10.5. The summed E-state index contributed by atoms with van der Waals surface area (Å²) in [5.74, 6) is -1.06. The zero-order chi connectivity index (χ0) is 12.0. The molecule has 0 fully saturated rings. The van der Waals surface area contributed by atoms with Crippen molar-refractivity contribution in [1.29, 1.82) is 0 Å². The van der Waals surface area contributed by atoms with Crippen molar-refractivity contribution < 1.29 is 74.2 Å². The van der Waals surface area contributed by atoms with Gasteiger partial charge in [0.25, 0.3) is 0 Å². The van der Waals surface area contributed by atoms with E-state index in [0.717, 1.165) is 6.07 Å². The maximum atomic E-state index is 12.0. The molecule has 2 radical (unpaired) electrons. The maximum Gasteiger partial charge on any atom is 0.131 e. The van der Waals surface area contributed by atoms with Crippen LogP contribution >= 0.6 is 23.2 Å². The average Bonchev–Trinajstić information content (AvgIpc) is 2.17. The molecule has 0 N–H and O–H groups in total. The summed E-state index contributed by atoms with van der Waals surface area (Å²) in [7, 11) is 0. The van der Waals surface area contributed by atoms with Crippen LogP contribution in [0.25, 0.3) is 0 Å². The van der Waals surface area contributed by atoms with Gasteiger partial charge in [-0.1, -0.05) is 29.4 Å². The first-order chi connectivity index (χ1) is 7.58. The van der Waals surface area contributed by atoms with E-state index in [4.69, 9.17) is 23.2 Å². The van der Waals surface area contributed by atoms with Crippen LogP contribution in [0, 0.1) is 23.9 Å². The predicted molar refractivity (Wildman–Crippen MR) is 56.1 cm³/mol. The Morgan fingerprint density at radius 2 is 1.78 bits per heavy atom. The Hall–Kier alpha value is 0.948. The first kappa shape index (κ1) is 21.2. The average molecular weight is 439 g/mol. The zero-order valence-electron chi connectivity index (χ0n) is 8.87. The van der Waals surface area contributed by atoms with Crippen molar-refractivity contribution in [3.05, 3.63) is 58.6 Å². The summed E-state index contributed by atoms with van der Waals surface area (Å²) in [5, 5.41) is 0.214. The van der Waals surface area contributed by atoms with Crippen LogP contribution in [0.15, 0.2) is 24.4 Å². The molecule has 0 saturated heterocycles. The van der Waals surface area contributed by atoms with E-state index in [-0.39, 0.29) is 75.7 Å². The fourth-order valence-corrected chi connectivity index (χ4v) is 0.970. The molecule has 2 aromatic rings. The summed E-state index contributed by atoms with van der Waals surface area (Å²) in [6, 6.07) is 8.36. The van der Waals surface area contributed by atoms with Crippen molar-refractivity contribution in [3.8, 4) is 0 Å². The molecule has 0 amide bonds. The smallest absolute Gasteiger partial charge is 0.131 e. The van der Waals surface area contributed by atoms with Crippen LogP contribution in [0.3, 0.4) is 0 Å². The maximum absolute atomic E-state index is 12.0. The van der Waals surface area contributed by atoms with Gasteiger partial charge in [0.2, 0.25) is 0 Å². The summed E-state index contributed by atoms with van der Waals surface area (Å²) in [6.07, 6.45) is 1.19. The van der Waals surface area contributed by atoms with Gasteiger partial charge in [-0.3, -0.25) is 4.98 Å². The largest absolute Gasteiger partial charge is 0.284 e. The fraction of sp³-hybridized carbons (Fsp3) is 0. The second-order valence-corrected chi connectivity index (χ2v) is 3.17. The van der Waals surface area contributed by atoms with Gasteiger partial charge in [-0.2, -0.15) is 12.1 Å². The first-order valence-corrected chi connectivity index (χ1v) is 4.72. The van der Waals surface area contributed by atoms with E-state index in [9.17, 15) is 8.78 Å². The van der Waals surface area contributed by atoms with E-state index in [1.807, 2.05) is 0 Å². The van der Waals surface area contributed by atoms with Gasteiger partial charge in [0.05, 0.1) is 0 Å². The van der Waals surface area contributed by atoms with Gasteiger partial charge in [-0.05, 0) is 5.82 Å². The molecule has 0 aromatic carbocycles. The molecule has 2 nitrogen and oxygen atoms in total. The first-order valence-electron chi connectivity index (χ1n) is 3.96. The SMILES string of the molecule is Fc1[c-]cnc(Cl)c1.Fc1cc[c-]c(Cl)n1.[Y].[Y]. The number of hydrogen-bond acceptors (Lipinski definition) is 2. The predicted octanol–water partition coefficient (Wildman–Crippen LogP) is 3.34. The Morgan fingerprint density at radius 1 is 1.11 bits per heavy atom. The zero-order valence-corrected chi connectivity index (χ0v) is 16.1. The van der Waals surface area contributed by atoms with Crippen molar-refractivity contribution >= 4 is 23.2 Å². The quantitative estimate of drug-likeness (QED) is 0.466.